The van der Waals surface area contributed by atoms with Gasteiger partial charge in [-0.3, -0.25) is 0 Å². The van der Waals surface area contributed by atoms with Crippen molar-refractivity contribution in [3.8, 4) is 0 Å². The highest BCUT2D eigenvalue weighted by atomic mass is 14.1. The summed E-state index contributed by atoms with van der Waals surface area (Å²) in [6.07, 6.45) is 9.31. The molecule has 0 heterocycles. The fraction of sp³-hybridized carbons (Fsp3) is 0.583. The van der Waals surface area contributed by atoms with Crippen molar-refractivity contribution in [1.82, 2.24) is 0 Å². The largest absolute Gasteiger partial charge is 0.0840 e. The second-order valence-corrected chi connectivity index (χ2v) is 5.40. The van der Waals surface area contributed by atoms with Crippen LogP contribution in [0.15, 0.2) is 54.1 Å². The predicted molar refractivity (Wildman–Crippen MR) is 122 cm³/mol. The second kappa shape index (κ2) is 25.0. The Morgan fingerprint density at radius 1 is 0.680 bits per heavy atom. The smallest absolute Gasteiger partial charge is 0 e. The summed E-state index contributed by atoms with van der Waals surface area (Å²) in [4.78, 5) is 0. The fourth-order valence-corrected chi connectivity index (χ4v) is 1.90. The van der Waals surface area contributed by atoms with E-state index in [1.165, 1.54) is 24.0 Å². The molecule has 0 unspecified atom stereocenters. The van der Waals surface area contributed by atoms with E-state index < -0.39 is 0 Å². The molecule has 0 saturated heterocycles. The van der Waals surface area contributed by atoms with Gasteiger partial charge in [0.15, 0.2) is 0 Å². The number of hydrogen-bond donors (Lipinski definition) is 0. The Balaban J connectivity index is -0.000000132. The summed E-state index contributed by atoms with van der Waals surface area (Å²) in [5.41, 5.74) is 2.92. The van der Waals surface area contributed by atoms with Crippen LogP contribution in [0, 0.1) is 5.92 Å². The van der Waals surface area contributed by atoms with Crippen molar-refractivity contribution in [2.45, 2.75) is 88.0 Å². The average molecular weight is 343 g/mol. The molecule has 0 nitrogen and oxygen atoms in total. The van der Waals surface area contributed by atoms with E-state index in [1.807, 2.05) is 47.6 Å². The van der Waals surface area contributed by atoms with E-state index in [4.69, 9.17) is 0 Å². The first-order valence-electron chi connectivity index (χ1n) is 10.0. The summed E-state index contributed by atoms with van der Waals surface area (Å²) in [5.74, 6) is 1.37. The molecule has 2 rings (SSSR count). The van der Waals surface area contributed by atoms with Crippen molar-refractivity contribution >= 4 is 8.41 Å². The molecule has 25 heavy (non-hydrogen) atoms. The number of allylic oxidation sites excluding steroid dienone is 4. The minimum Gasteiger partial charge on any atom is -0.0840 e. The summed E-state index contributed by atoms with van der Waals surface area (Å²) in [6.45, 7) is 20.9. The van der Waals surface area contributed by atoms with E-state index in [-0.39, 0.29) is 8.41 Å². The zero-order valence-corrected chi connectivity index (χ0v) is 18.8. The predicted octanol–water partition coefficient (Wildman–Crippen LogP) is 8.43. The molecular weight excluding hydrogens is 299 g/mol. The summed E-state index contributed by atoms with van der Waals surface area (Å²) >= 11 is 0. The molecule has 143 valence electrons. The van der Waals surface area contributed by atoms with Gasteiger partial charge in [0.2, 0.25) is 0 Å². The van der Waals surface area contributed by atoms with E-state index in [0.717, 1.165) is 0 Å². The van der Waals surface area contributed by atoms with Gasteiger partial charge in [0.25, 0.3) is 0 Å². The summed E-state index contributed by atoms with van der Waals surface area (Å²) in [7, 11) is 0. The highest BCUT2D eigenvalue weighted by Crippen LogP contribution is 2.16. The highest BCUT2D eigenvalue weighted by molar-refractivity contribution is 5.75. The molecule has 0 atom stereocenters. The Morgan fingerprint density at radius 2 is 1.16 bits per heavy atom. The number of hydrogen-bond acceptors (Lipinski definition) is 0. The lowest BCUT2D eigenvalue weighted by Gasteiger charge is -2.08. The molecule has 0 saturated carbocycles. The Labute approximate surface area is 162 Å². The molecule has 1 aromatic carbocycles. The number of benzene rings is 1. The fourth-order valence-electron chi connectivity index (χ4n) is 1.90. The molecule has 1 aromatic rings. The average Bonchev–Trinajstić information content (AvgIpc) is 2.68. The zero-order valence-electron chi connectivity index (χ0n) is 18.8. The highest BCUT2D eigenvalue weighted by Gasteiger charge is 2.00. The van der Waals surface area contributed by atoms with Gasteiger partial charge < -0.3 is 0 Å². The van der Waals surface area contributed by atoms with Gasteiger partial charge in [0.1, 0.15) is 0 Å². The Kier molecular flexibility index (Phi) is 31.5. The van der Waals surface area contributed by atoms with Gasteiger partial charge in [0, 0.05) is 8.41 Å². The van der Waals surface area contributed by atoms with Gasteiger partial charge in [-0.1, -0.05) is 118 Å². The van der Waals surface area contributed by atoms with Gasteiger partial charge in [-0.2, -0.15) is 0 Å². The molecule has 1 aliphatic rings. The quantitative estimate of drug-likeness (QED) is 0.473. The molecule has 0 amide bonds. The van der Waals surface area contributed by atoms with Crippen molar-refractivity contribution in [3.63, 3.8) is 0 Å². The first-order valence-corrected chi connectivity index (χ1v) is 10.0. The maximum absolute atomic E-state index is 2.34. The molecule has 1 heteroatoms. The van der Waals surface area contributed by atoms with Crippen LogP contribution >= 0.6 is 0 Å². The van der Waals surface area contributed by atoms with Crippen molar-refractivity contribution in [2.24, 2.45) is 5.92 Å². The molecule has 0 N–H and O–H groups in total. The van der Waals surface area contributed by atoms with Crippen molar-refractivity contribution < 1.29 is 0 Å². The normalized spacial score (nSPS) is 11.0. The molecule has 3 radical (unpaired) electrons. The molecular formula is C24H44B. The molecule has 0 bridgehead atoms. The third-order valence-electron chi connectivity index (χ3n) is 3.16. The van der Waals surface area contributed by atoms with Crippen LogP contribution in [0.5, 0.6) is 0 Å². The van der Waals surface area contributed by atoms with Crippen LogP contribution in [0.4, 0.5) is 0 Å². The minimum atomic E-state index is 0. The van der Waals surface area contributed by atoms with Gasteiger partial charge in [-0.05, 0) is 35.8 Å². The monoisotopic (exact) mass is 343 g/mol. The van der Waals surface area contributed by atoms with Crippen LogP contribution in [0.25, 0.3) is 0 Å². The standard InChI is InChI=1S/C9H14.C9H12.3C2H6.B/c2*1-8(2)9-6-4-3-5-7-9;3*1-2;/h4,6-8H,3,5H2,1-2H3;3-8H,1-2H3;3*1-2H3;. The Bertz CT molecular complexity index is 386. The Hall–Kier alpha value is -1.24. The first-order chi connectivity index (χ1) is 11.6. The van der Waals surface area contributed by atoms with Crippen LogP contribution in [-0.4, -0.2) is 8.41 Å². The van der Waals surface area contributed by atoms with E-state index in [0.29, 0.717) is 11.8 Å². The molecule has 0 spiro atoms. The van der Waals surface area contributed by atoms with Gasteiger partial charge in [-0.25, -0.2) is 0 Å². The van der Waals surface area contributed by atoms with Gasteiger partial charge in [-0.15, -0.1) is 0 Å². The maximum atomic E-state index is 2.34. The van der Waals surface area contributed by atoms with Gasteiger partial charge >= 0.3 is 0 Å². The topological polar surface area (TPSA) is 0 Å². The summed E-state index contributed by atoms with van der Waals surface area (Å²) in [6, 6.07) is 10.5. The second-order valence-electron chi connectivity index (χ2n) is 5.40. The third kappa shape index (κ3) is 18.9. The van der Waals surface area contributed by atoms with E-state index in [2.05, 4.69) is 70.2 Å². The zero-order chi connectivity index (χ0) is 19.4. The lowest BCUT2D eigenvalue weighted by Crippen LogP contribution is -1.92. The lowest BCUT2D eigenvalue weighted by atomic mass is 9.97. The molecule has 0 aromatic heterocycles. The summed E-state index contributed by atoms with van der Waals surface area (Å²) in [5, 5.41) is 0. The van der Waals surface area contributed by atoms with Crippen LogP contribution in [0.1, 0.15) is 93.6 Å². The van der Waals surface area contributed by atoms with Crippen molar-refractivity contribution in [1.29, 1.82) is 0 Å². The third-order valence-corrected chi connectivity index (χ3v) is 3.16. The van der Waals surface area contributed by atoms with Gasteiger partial charge in [0.05, 0.1) is 0 Å². The van der Waals surface area contributed by atoms with Crippen molar-refractivity contribution in [3.05, 3.63) is 59.7 Å². The van der Waals surface area contributed by atoms with Crippen molar-refractivity contribution in [2.75, 3.05) is 0 Å². The SMILES string of the molecule is CC.CC.CC.CC(C)C1=CCCC=C1.CC(C)c1ccccc1.[B]. The van der Waals surface area contributed by atoms with Crippen LogP contribution in [0.2, 0.25) is 0 Å². The van der Waals surface area contributed by atoms with E-state index >= 15 is 0 Å². The number of rotatable bonds is 2. The molecule has 0 aliphatic heterocycles. The Morgan fingerprint density at radius 3 is 1.40 bits per heavy atom. The van der Waals surface area contributed by atoms with Crippen LogP contribution in [0.3, 0.4) is 0 Å². The van der Waals surface area contributed by atoms with E-state index in [9.17, 15) is 0 Å². The summed E-state index contributed by atoms with van der Waals surface area (Å²) < 4.78 is 0. The van der Waals surface area contributed by atoms with Crippen LogP contribution < -0.4 is 0 Å². The lowest BCUT2D eigenvalue weighted by molar-refractivity contribution is 0.773. The molecule has 1 aliphatic carbocycles. The maximum Gasteiger partial charge on any atom is 0 e. The minimum absolute atomic E-state index is 0. The van der Waals surface area contributed by atoms with E-state index in [1.54, 1.807) is 0 Å². The molecule has 0 fully saturated rings. The first kappa shape index (κ1) is 31.5. The van der Waals surface area contributed by atoms with Crippen LogP contribution in [-0.2, 0) is 0 Å².